The van der Waals surface area contributed by atoms with Crippen molar-refractivity contribution in [3.8, 4) is 5.75 Å². The lowest BCUT2D eigenvalue weighted by Gasteiger charge is -2.32. The minimum absolute atomic E-state index is 0.437. The van der Waals surface area contributed by atoms with Gasteiger partial charge in [0.2, 0.25) is 0 Å². The molecule has 0 spiro atoms. The Labute approximate surface area is 91.8 Å². The second-order valence-electron chi connectivity index (χ2n) is 3.24. The summed E-state index contributed by atoms with van der Waals surface area (Å²) in [6.45, 7) is 2.72. The third kappa shape index (κ3) is 3.43. The number of hydroxylamine groups is 4. The molecule has 1 atom stereocenters. The molecule has 7 heteroatoms. The van der Waals surface area contributed by atoms with E-state index in [0.717, 1.165) is 11.3 Å². The predicted molar refractivity (Wildman–Crippen MR) is 54.0 cm³/mol. The fraction of sp³-hybridized carbons (Fsp3) is 0.333. The van der Waals surface area contributed by atoms with Crippen molar-refractivity contribution in [2.45, 2.75) is 13.5 Å². The van der Waals surface area contributed by atoms with Crippen molar-refractivity contribution in [2.75, 3.05) is 6.54 Å². The van der Waals surface area contributed by atoms with E-state index >= 15 is 0 Å². The van der Waals surface area contributed by atoms with Gasteiger partial charge in [0.05, 0.1) is 5.56 Å². The lowest BCUT2D eigenvalue weighted by Crippen LogP contribution is -2.39. The number of hydrogen-bond donors (Lipinski definition) is 0. The molecule has 1 unspecified atom stereocenters. The van der Waals surface area contributed by atoms with E-state index in [1.807, 2.05) is 31.2 Å². The number of nitrogens with zero attached hydrogens (tertiary/aromatic N) is 1. The van der Waals surface area contributed by atoms with Crippen LogP contribution in [0.15, 0.2) is 24.3 Å². The monoisotopic (exact) mass is 233 g/mol. The van der Waals surface area contributed by atoms with E-state index in [1.54, 1.807) is 0 Å². The van der Waals surface area contributed by atoms with Crippen LogP contribution in [0.2, 0.25) is 0 Å². The minimum atomic E-state index is -3.67. The highest BCUT2D eigenvalue weighted by molar-refractivity contribution is 6.33. The van der Waals surface area contributed by atoms with Crippen molar-refractivity contribution in [3.63, 3.8) is 0 Å². The number of quaternary nitrogens is 1. The van der Waals surface area contributed by atoms with E-state index in [4.69, 9.17) is 4.84 Å². The van der Waals surface area contributed by atoms with E-state index in [9.17, 15) is 18.2 Å². The maximum absolute atomic E-state index is 11.6. The standard InChI is InChI=1S/C9H11NO2.BF3/c1-2-10(11)7-8-5-3-4-6-9(8)12-10;2-1(3)4/h3-6H,2,7H2,1H3;. The van der Waals surface area contributed by atoms with Gasteiger partial charge in [-0.05, 0) is 19.1 Å². The first-order valence-electron chi connectivity index (χ1n) is 4.74. The zero-order chi connectivity index (χ0) is 12.2. The van der Waals surface area contributed by atoms with Gasteiger partial charge in [0, 0.05) is 0 Å². The topological polar surface area (TPSA) is 32.3 Å². The van der Waals surface area contributed by atoms with Crippen LogP contribution in [0.5, 0.6) is 5.75 Å². The number of hydrogen-bond acceptors (Lipinski definition) is 2. The summed E-state index contributed by atoms with van der Waals surface area (Å²) in [7, 11) is -3.67. The molecule has 1 aliphatic heterocycles. The third-order valence-corrected chi connectivity index (χ3v) is 2.13. The molecular weight excluding hydrogens is 222 g/mol. The van der Waals surface area contributed by atoms with E-state index in [0.29, 0.717) is 13.1 Å². The average molecular weight is 233 g/mol. The molecule has 1 aliphatic rings. The van der Waals surface area contributed by atoms with Crippen LogP contribution in [-0.2, 0) is 6.54 Å². The van der Waals surface area contributed by atoms with Gasteiger partial charge in [-0.3, -0.25) is 12.9 Å². The van der Waals surface area contributed by atoms with Crippen LogP contribution in [0.3, 0.4) is 0 Å². The minimum Gasteiger partial charge on any atom is -0.589 e. The predicted octanol–water partition coefficient (Wildman–Crippen LogP) is 2.71. The van der Waals surface area contributed by atoms with Crippen LogP contribution in [0, 0.1) is 5.21 Å². The molecule has 0 N–H and O–H groups in total. The van der Waals surface area contributed by atoms with E-state index in [-0.39, 0.29) is 0 Å². The highest BCUT2D eigenvalue weighted by Crippen LogP contribution is 2.31. The van der Waals surface area contributed by atoms with Crippen LogP contribution in [0.1, 0.15) is 12.5 Å². The summed E-state index contributed by atoms with van der Waals surface area (Å²) >= 11 is 0. The molecule has 0 fully saturated rings. The molecular formula is C9H11BF3NO2. The van der Waals surface area contributed by atoms with Gasteiger partial charge in [-0.15, -0.1) is 0 Å². The fourth-order valence-electron chi connectivity index (χ4n) is 1.37. The van der Waals surface area contributed by atoms with Gasteiger partial charge in [-0.25, -0.2) is 0 Å². The molecule has 0 radical (unpaired) electrons. The summed E-state index contributed by atoms with van der Waals surface area (Å²) < 4.78 is 29.0. The molecule has 3 nitrogen and oxygen atoms in total. The molecule has 1 heterocycles. The fourth-order valence-corrected chi connectivity index (χ4v) is 1.37. The van der Waals surface area contributed by atoms with Crippen LogP contribution in [-0.4, -0.2) is 18.9 Å². The van der Waals surface area contributed by atoms with Crippen molar-refractivity contribution in [2.24, 2.45) is 0 Å². The molecule has 16 heavy (non-hydrogen) atoms. The second kappa shape index (κ2) is 5.22. The Bertz CT molecular complexity index is 324. The van der Waals surface area contributed by atoms with Crippen molar-refractivity contribution in [1.29, 1.82) is 0 Å². The maximum atomic E-state index is 11.6. The van der Waals surface area contributed by atoms with Gasteiger partial charge in [0.25, 0.3) is 0 Å². The largest absolute Gasteiger partial charge is 0.762 e. The van der Waals surface area contributed by atoms with Gasteiger partial charge in [-0.1, -0.05) is 12.1 Å². The summed E-state index contributed by atoms with van der Waals surface area (Å²) in [5, 5.41) is 11.6. The summed E-state index contributed by atoms with van der Waals surface area (Å²) in [4.78, 5) is 4.66. The molecule has 1 aromatic rings. The lowest BCUT2D eigenvalue weighted by molar-refractivity contribution is -1.04. The molecule has 0 amide bonds. The summed E-state index contributed by atoms with van der Waals surface area (Å²) in [6.07, 6.45) is 0. The van der Waals surface area contributed by atoms with Crippen LogP contribution in [0.25, 0.3) is 0 Å². The van der Waals surface area contributed by atoms with Gasteiger partial charge in [0.15, 0.2) is 5.75 Å². The summed E-state index contributed by atoms with van der Waals surface area (Å²) in [5.41, 5.74) is 1.01. The lowest BCUT2D eigenvalue weighted by atomic mass is 10.2. The number of fused-ring (bicyclic) bond motifs is 1. The molecule has 88 valence electrons. The summed E-state index contributed by atoms with van der Waals surface area (Å²) in [6, 6.07) is 7.57. The Kier molecular flexibility index (Phi) is 4.20. The van der Waals surface area contributed by atoms with Crippen molar-refractivity contribution >= 4 is 7.54 Å². The Morgan fingerprint density at radius 3 is 2.44 bits per heavy atom. The molecule has 0 aromatic heterocycles. The van der Waals surface area contributed by atoms with E-state index in [2.05, 4.69) is 0 Å². The van der Waals surface area contributed by atoms with Crippen molar-refractivity contribution in [3.05, 3.63) is 35.0 Å². The van der Waals surface area contributed by atoms with Gasteiger partial charge >= 0.3 is 7.54 Å². The zero-order valence-electron chi connectivity index (χ0n) is 8.70. The number of rotatable bonds is 1. The van der Waals surface area contributed by atoms with E-state index < -0.39 is 12.4 Å². The zero-order valence-corrected chi connectivity index (χ0v) is 8.70. The highest BCUT2D eigenvalue weighted by atomic mass is 19.4. The van der Waals surface area contributed by atoms with Crippen molar-refractivity contribution < 1.29 is 22.6 Å². The summed E-state index contributed by atoms with van der Waals surface area (Å²) in [5.74, 6) is 0.731. The quantitative estimate of drug-likeness (QED) is 0.424. The first-order chi connectivity index (χ1) is 7.47. The SMILES string of the molecule is CC[N+]1([O-])Cc2ccccc2O1.FB(F)F. The van der Waals surface area contributed by atoms with Crippen LogP contribution >= 0.6 is 0 Å². The Morgan fingerprint density at radius 1 is 1.38 bits per heavy atom. The van der Waals surface area contributed by atoms with Gasteiger partial charge in [-0.2, -0.15) is 4.81 Å². The van der Waals surface area contributed by atoms with Crippen molar-refractivity contribution in [1.82, 2.24) is 0 Å². The molecule has 0 aliphatic carbocycles. The van der Waals surface area contributed by atoms with Gasteiger partial charge < -0.3 is 10.0 Å². The molecule has 0 bridgehead atoms. The normalized spacial score (nSPS) is 21.6. The molecule has 2 rings (SSSR count). The molecule has 0 saturated carbocycles. The first kappa shape index (κ1) is 12.9. The first-order valence-corrected chi connectivity index (χ1v) is 4.74. The molecule has 0 saturated heterocycles. The Hall–Kier alpha value is -1.21. The Balaban J connectivity index is 0.000000280. The maximum Gasteiger partial charge on any atom is 0.762 e. The van der Waals surface area contributed by atoms with Gasteiger partial charge in [0.1, 0.15) is 13.1 Å². The number of benzene rings is 1. The second-order valence-corrected chi connectivity index (χ2v) is 3.24. The number of halogens is 3. The third-order valence-electron chi connectivity index (χ3n) is 2.13. The van der Waals surface area contributed by atoms with Crippen LogP contribution in [0.4, 0.5) is 12.9 Å². The van der Waals surface area contributed by atoms with Crippen LogP contribution < -0.4 is 4.84 Å². The highest BCUT2D eigenvalue weighted by Gasteiger charge is 2.29. The Morgan fingerprint density at radius 2 is 1.94 bits per heavy atom. The van der Waals surface area contributed by atoms with E-state index in [1.165, 1.54) is 0 Å². The average Bonchev–Trinajstić information content (AvgIpc) is 2.54. The molecule has 1 aromatic carbocycles. The smallest absolute Gasteiger partial charge is 0.589 e. The number of para-hydroxylation sites is 1.